The average Bonchev–Trinajstić information content (AvgIpc) is 2.42. The Morgan fingerprint density at radius 1 is 1.00 bits per heavy atom. The molecule has 3 heteroatoms. The van der Waals surface area contributed by atoms with Crippen LogP contribution in [0.25, 0.3) is 10.9 Å². The lowest BCUT2D eigenvalue weighted by molar-refractivity contribution is -0.395. The highest BCUT2D eigenvalue weighted by Gasteiger charge is 2.10. The molecule has 0 aliphatic heterocycles. The number of rotatable bonds is 2. The van der Waals surface area contributed by atoms with Crippen molar-refractivity contribution in [3.63, 3.8) is 0 Å². The molecule has 0 saturated heterocycles. The van der Waals surface area contributed by atoms with Crippen LogP contribution in [-0.2, 0) is 0 Å². The number of halogens is 1. The van der Waals surface area contributed by atoms with Crippen molar-refractivity contribution in [2.45, 2.75) is 16.8 Å². The molecule has 0 unspecified atom stereocenters. The van der Waals surface area contributed by atoms with Crippen molar-refractivity contribution < 1.29 is 4.98 Å². The second-order valence-corrected chi connectivity index (χ2v) is 5.97. The third kappa shape index (κ3) is 2.75. The summed E-state index contributed by atoms with van der Waals surface area (Å²) in [5, 5.41) is 3.17. The molecule has 0 amide bonds. The second kappa shape index (κ2) is 5.24. The van der Waals surface area contributed by atoms with Crippen molar-refractivity contribution in [3.8, 4) is 0 Å². The predicted molar refractivity (Wildman–Crippen MR) is 80.8 cm³/mol. The van der Waals surface area contributed by atoms with Crippen LogP contribution in [-0.4, -0.2) is 0 Å². The van der Waals surface area contributed by atoms with Gasteiger partial charge in [0, 0.05) is 27.4 Å². The van der Waals surface area contributed by atoms with Gasteiger partial charge in [-0.2, -0.15) is 4.98 Å². The molecule has 0 atom stereocenters. The number of benzene rings is 2. The Bertz CT molecular complexity index is 722. The highest BCUT2D eigenvalue weighted by Crippen LogP contribution is 2.27. The molecular weight excluding hydrogens is 274 g/mol. The van der Waals surface area contributed by atoms with E-state index in [1.807, 2.05) is 24.3 Å². The number of H-pyrrole nitrogens is 1. The van der Waals surface area contributed by atoms with Crippen LogP contribution in [0.1, 0.15) is 5.56 Å². The first kappa shape index (κ1) is 12.5. The number of aromatic nitrogens is 1. The van der Waals surface area contributed by atoms with Gasteiger partial charge in [-0.05, 0) is 54.6 Å². The first-order valence-electron chi connectivity index (χ1n) is 6.07. The van der Waals surface area contributed by atoms with Gasteiger partial charge in [0.2, 0.25) is 10.5 Å². The highest BCUT2D eigenvalue weighted by atomic mass is 35.5. The molecule has 0 spiro atoms. The summed E-state index contributed by atoms with van der Waals surface area (Å²) >= 11 is 7.61. The fraction of sp³-hybridized carbons (Fsp3) is 0.0625. The Kier molecular flexibility index (Phi) is 3.45. The molecule has 19 heavy (non-hydrogen) atoms. The predicted octanol–water partition coefficient (Wildman–Crippen LogP) is 4.77. The molecule has 0 saturated carbocycles. The molecule has 1 aromatic heterocycles. The van der Waals surface area contributed by atoms with Crippen LogP contribution in [0, 0.1) is 6.92 Å². The summed E-state index contributed by atoms with van der Waals surface area (Å²) in [6.45, 7) is 2.14. The smallest absolute Gasteiger partial charge is 0.199 e. The lowest BCUT2D eigenvalue weighted by atomic mass is 10.1. The zero-order valence-electron chi connectivity index (χ0n) is 10.5. The first-order valence-corrected chi connectivity index (χ1v) is 7.27. The number of nitrogens with one attached hydrogen (secondary N) is 1. The van der Waals surface area contributed by atoms with E-state index < -0.39 is 0 Å². The standard InChI is InChI=1S/C16H12ClNS/c1-11-10-16(18-15-5-3-2-4-14(11)15)19-13-8-6-12(17)7-9-13/h2-10H,1H3/p+1. The molecule has 2 aromatic carbocycles. The fourth-order valence-electron chi connectivity index (χ4n) is 2.06. The van der Waals surface area contributed by atoms with Crippen molar-refractivity contribution >= 4 is 34.3 Å². The quantitative estimate of drug-likeness (QED) is 0.662. The molecule has 0 fully saturated rings. The van der Waals surface area contributed by atoms with Crippen LogP contribution >= 0.6 is 23.4 Å². The van der Waals surface area contributed by atoms with E-state index in [2.05, 4.69) is 42.2 Å². The van der Waals surface area contributed by atoms with Gasteiger partial charge in [0.1, 0.15) is 0 Å². The number of hydrogen-bond acceptors (Lipinski definition) is 1. The van der Waals surface area contributed by atoms with Crippen LogP contribution in [0.5, 0.6) is 0 Å². The SMILES string of the molecule is Cc1cc(Sc2ccc(Cl)cc2)[nH+]c2ccccc12. The van der Waals surface area contributed by atoms with Gasteiger partial charge in [0.25, 0.3) is 0 Å². The maximum absolute atomic E-state index is 5.90. The van der Waals surface area contributed by atoms with Gasteiger partial charge in [-0.25, -0.2) is 0 Å². The molecule has 94 valence electrons. The van der Waals surface area contributed by atoms with Crippen molar-refractivity contribution in [3.05, 3.63) is 65.2 Å². The van der Waals surface area contributed by atoms with Crippen LogP contribution in [0.15, 0.2) is 64.5 Å². The third-order valence-corrected chi connectivity index (χ3v) is 4.20. The number of hydrogen-bond donors (Lipinski definition) is 0. The van der Waals surface area contributed by atoms with Crippen LogP contribution < -0.4 is 4.98 Å². The van der Waals surface area contributed by atoms with Crippen LogP contribution in [0.2, 0.25) is 5.02 Å². The van der Waals surface area contributed by atoms with Gasteiger partial charge in [0.05, 0.1) is 0 Å². The Morgan fingerprint density at radius 2 is 1.74 bits per heavy atom. The van der Waals surface area contributed by atoms with Gasteiger partial charge in [0.15, 0.2) is 0 Å². The number of aryl methyl sites for hydroxylation is 1. The number of para-hydroxylation sites is 1. The Balaban J connectivity index is 1.99. The summed E-state index contributed by atoms with van der Waals surface area (Å²) in [6, 6.07) is 18.4. The Morgan fingerprint density at radius 3 is 2.53 bits per heavy atom. The van der Waals surface area contributed by atoms with Gasteiger partial charge >= 0.3 is 0 Å². The van der Waals surface area contributed by atoms with E-state index in [9.17, 15) is 0 Å². The summed E-state index contributed by atoms with van der Waals surface area (Å²) in [7, 11) is 0. The summed E-state index contributed by atoms with van der Waals surface area (Å²) < 4.78 is 0. The number of aromatic amines is 1. The summed E-state index contributed by atoms with van der Waals surface area (Å²) in [5.74, 6) is 0. The number of pyridine rings is 1. The summed E-state index contributed by atoms with van der Waals surface area (Å²) in [6.07, 6.45) is 0. The Hall–Kier alpha value is -1.51. The average molecular weight is 287 g/mol. The van der Waals surface area contributed by atoms with Gasteiger partial charge in [-0.1, -0.05) is 23.7 Å². The van der Waals surface area contributed by atoms with Gasteiger partial charge < -0.3 is 0 Å². The van der Waals surface area contributed by atoms with E-state index in [-0.39, 0.29) is 0 Å². The van der Waals surface area contributed by atoms with Crippen molar-refractivity contribution in [1.82, 2.24) is 0 Å². The van der Waals surface area contributed by atoms with E-state index in [0.717, 1.165) is 10.0 Å². The topological polar surface area (TPSA) is 14.1 Å². The first-order chi connectivity index (χ1) is 9.22. The van der Waals surface area contributed by atoms with E-state index in [1.165, 1.54) is 21.4 Å². The zero-order valence-corrected chi connectivity index (χ0v) is 12.1. The zero-order chi connectivity index (χ0) is 13.2. The molecule has 0 aliphatic rings. The van der Waals surface area contributed by atoms with Crippen molar-refractivity contribution in [2.24, 2.45) is 0 Å². The minimum absolute atomic E-state index is 0.767. The molecule has 1 nitrogen and oxygen atoms in total. The largest absolute Gasteiger partial charge is 0.243 e. The second-order valence-electron chi connectivity index (χ2n) is 4.42. The van der Waals surface area contributed by atoms with E-state index >= 15 is 0 Å². The highest BCUT2D eigenvalue weighted by molar-refractivity contribution is 7.99. The lowest BCUT2D eigenvalue weighted by Crippen LogP contribution is -2.08. The molecule has 1 heterocycles. The van der Waals surface area contributed by atoms with E-state index in [4.69, 9.17) is 11.6 Å². The maximum Gasteiger partial charge on any atom is 0.243 e. The van der Waals surface area contributed by atoms with Crippen LogP contribution in [0.3, 0.4) is 0 Å². The molecule has 0 aliphatic carbocycles. The van der Waals surface area contributed by atoms with Crippen molar-refractivity contribution in [1.29, 1.82) is 0 Å². The minimum atomic E-state index is 0.767. The van der Waals surface area contributed by atoms with Gasteiger partial charge in [-0.3, -0.25) is 0 Å². The molecule has 1 N–H and O–H groups in total. The third-order valence-electron chi connectivity index (χ3n) is 3.00. The number of fused-ring (bicyclic) bond motifs is 1. The summed E-state index contributed by atoms with van der Waals surface area (Å²) in [5.41, 5.74) is 2.45. The monoisotopic (exact) mass is 286 g/mol. The van der Waals surface area contributed by atoms with E-state index in [1.54, 1.807) is 11.8 Å². The lowest BCUT2D eigenvalue weighted by Gasteiger charge is -2.01. The summed E-state index contributed by atoms with van der Waals surface area (Å²) in [4.78, 5) is 4.64. The molecule has 0 radical (unpaired) electrons. The fourth-order valence-corrected chi connectivity index (χ4v) is 3.11. The molecule has 3 rings (SSSR count). The minimum Gasteiger partial charge on any atom is -0.199 e. The van der Waals surface area contributed by atoms with Gasteiger partial charge in [-0.15, -0.1) is 0 Å². The molecular formula is C16H13ClNS+. The van der Waals surface area contributed by atoms with Crippen LogP contribution in [0.4, 0.5) is 0 Å². The van der Waals surface area contributed by atoms with E-state index in [0.29, 0.717) is 0 Å². The normalized spacial score (nSPS) is 10.8. The maximum atomic E-state index is 5.90. The Labute approximate surface area is 121 Å². The molecule has 0 bridgehead atoms. The van der Waals surface area contributed by atoms with Crippen molar-refractivity contribution in [2.75, 3.05) is 0 Å². The molecule has 3 aromatic rings.